The second kappa shape index (κ2) is 10.3. The maximum absolute atomic E-state index is 14.1. The Bertz CT molecular complexity index is 1880. The minimum Gasteiger partial charge on any atom is -0.493 e. The molecule has 1 atom stereocenters. The van der Waals surface area contributed by atoms with E-state index in [9.17, 15) is 14.4 Å². The second-order valence-corrected chi connectivity index (χ2v) is 11.5. The molecule has 0 radical (unpaired) electrons. The van der Waals surface area contributed by atoms with Crippen molar-refractivity contribution in [2.45, 2.75) is 51.3 Å². The molecule has 2 aromatic carbocycles. The molecule has 0 fully saturated rings. The zero-order valence-corrected chi connectivity index (χ0v) is 24.6. The van der Waals surface area contributed by atoms with E-state index in [0.717, 1.165) is 35.0 Å². The molecule has 3 aliphatic heterocycles. The van der Waals surface area contributed by atoms with Crippen LogP contribution in [0.4, 0.5) is 0 Å². The summed E-state index contributed by atoms with van der Waals surface area (Å²) < 4.78 is 18.2. The number of hydrogen-bond donors (Lipinski definition) is 0. The number of para-hydroxylation sites is 1. The Morgan fingerprint density at radius 1 is 1.00 bits per heavy atom. The topological polar surface area (TPSA) is 100.0 Å². The molecule has 9 nitrogen and oxygen atoms in total. The number of fused-ring (bicyclic) bond motifs is 6. The molecule has 0 saturated carbocycles. The lowest BCUT2D eigenvalue weighted by atomic mass is 9.70. The Kier molecular flexibility index (Phi) is 6.58. The molecule has 5 heterocycles. The van der Waals surface area contributed by atoms with Crippen LogP contribution in [0.25, 0.3) is 22.3 Å². The highest BCUT2D eigenvalue weighted by molar-refractivity contribution is 6.10. The maximum Gasteiger partial charge on any atom is 0.324 e. The number of aromatic nitrogens is 2. The molecular formula is C34H33N3O6. The van der Waals surface area contributed by atoms with Gasteiger partial charge in [0.1, 0.15) is 6.61 Å². The third kappa shape index (κ3) is 4.17. The Labute approximate surface area is 249 Å². The highest BCUT2D eigenvalue weighted by Crippen LogP contribution is 2.41. The number of pyridine rings is 2. The van der Waals surface area contributed by atoms with Crippen LogP contribution in [0, 0.1) is 0 Å². The molecule has 0 saturated heterocycles. The molecule has 7 rings (SSSR count). The number of carbonyl (C=O) groups is 2. The third-order valence-electron chi connectivity index (χ3n) is 9.39. The van der Waals surface area contributed by atoms with Gasteiger partial charge in [-0.3, -0.25) is 19.3 Å². The summed E-state index contributed by atoms with van der Waals surface area (Å²) in [6, 6.07) is 15.8. The van der Waals surface area contributed by atoms with Crippen molar-refractivity contribution in [3.05, 3.63) is 86.7 Å². The van der Waals surface area contributed by atoms with Gasteiger partial charge in [-0.15, -0.1) is 0 Å². The lowest BCUT2D eigenvalue weighted by Crippen LogP contribution is -2.50. The Balaban J connectivity index is 1.21. The van der Waals surface area contributed by atoms with E-state index in [1.165, 1.54) is 5.56 Å². The van der Waals surface area contributed by atoms with Crippen molar-refractivity contribution in [2.75, 3.05) is 27.3 Å². The van der Waals surface area contributed by atoms with Crippen LogP contribution in [-0.4, -0.2) is 53.5 Å². The number of carbonyl (C=O) groups excluding carboxylic acids is 2. The standard InChI is InChI=1S/C34H33N3O6/c1-4-34(30(38)10-12-36-11-9-20-14-28(41-2)29(42-3)15-22(20)17-36)25-16-27-31-23(13-21-7-5-6-8-26(21)35-31)18-37(27)32(39)24(25)19-43-33(34)40/h5-8,13-16H,4,9-12,17-19H2,1-3H3/t34-/m1/s1. The largest absolute Gasteiger partial charge is 0.493 e. The lowest BCUT2D eigenvalue weighted by Gasteiger charge is -2.36. The summed E-state index contributed by atoms with van der Waals surface area (Å²) in [6.07, 6.45) is 1.18. The minimum atomic E-state index is -1.54. The number of methoxy groups -OCH3 is 2. The van der Waals surface area contributed by atoms with Gasteiger partial charge in [-0.25, -0.2) is 4.98 Å². The maximum atomic E-state index is 14.1. The highest BCUT2D eigenvalue weighted by Gasteiger charge is 2.52. The molecule has 0 N–H and O–H groups in total. The number of ether oxygens (including phenoxy) is 3. The summed E-state index contributed by atoms with van der Waals surface area (Å²) >= 11 is 0. The van der Waals surface area contributed by atoms with Crippen LogP contribution in [0.2, 0.25) is 0 Å². The van der Waals surface area contributed by atoms with E-state index in [4.69, 9.17) is 19.2 Å². The van der Waals surface area contributed by atoms with E-state index in [2.05, 4.69) is 11.0 Å². The molecule has 0 unspecified atom stereocenters. The fraction of sp³-hybridized carbons (Fsp3) is 0.353. The minimum absolute atomic E-state index is 0.137. The van der Waals surface area contributed by atoms with Gasteiger partial charge >= 0.3 is 5.97 Å². The normalized spacial score (nSPS) is 18.8. The van der Waals surface area contributed by atoms with Gasteiger partial charge in [0.25, 0.3) is 5.56 Å². The SMILES string of the molecule is CC[C@@]1(C(=O)CCN2CCc3cc(OC)c(OC)cc3C2)C(=O)OCc2c1cc1n(c2=O)Cc2cc3ccccc3nc2-1. The molecule has 0 amide bonds. The number of esters is 1. The Hall–Kier alpha value is -4.50. The van der Waals surface area contributed by atoms with Crippen LogP contribution in [0.5, 0.6) is 11.5 Å². The molecule has 3 aliphatic rings. The molecule has 4 aromatic rings. The number of benzene rings is 2. The number of hydrogen-bond acceptors (Lipinski definition) is 8. The number of rotatable bonds is 7. The van der Waals surface area contributed by atoms with Gasteiger partial charge in [0.15, 0.2) is 22.7 Å². The predicted molar refractivity (Wildman–Crippen MR) is 160 cm³/mol. The van der Waals surface area contributed by atoms with Crippen molar-refractivity contribution in [1.29, 1.82) is 0 Å². The highest BCUT2D eigenvalue weighted by atomic mass is 16.5. The van der Waals surface area contributed by atoms with E-state index in [0.29, 0.717) is 53.6 Å². The molecule has 0 bridgehead atoms. The van der Waals surface area contributed by atoms with Crippen LogP contribution in [0.15, 0.2) is 53.3 Å². The molecule has 43 heavy (non-hydrogen) atoms. The van der Waals surface area contributed by atoms with Crippen molar-refractivity contribution in [1.82, 2.24) is 14.5 Å². The lowest BCUT2D eigenvalue weighted by molar-refractivity contribution is -0.158. The first-order chi connectivity index (χ1) is 20.9. The van der Waals surface area contributed by atoms with Crippen molar-refractivity contribution in [3.63, 3.8) is 0 Å². The van der Waals surface area contributed by atoms with Gasteiger partial charge in [0.05, 0.1) is 43.2 Å². The van der Waals surface area contributed by atoms with Crippen molar-refractivity contribution < 1.29 is 23.8 Å². The van der Waals surface area contributed by atoms with E-state index < -0.39 is 11.4 Å². The van der Waals surface area contributed by atoms with E-state index >= 15 is 0 Å². The van der Waals surface area contributed by atoms with Gasteiger partial charge in [0, 0.05) is 37.0 Å². The monoisotopic (exact) mass is 579 g/mol. The first-order valence-corrected chi connectivity index (χ1v) is 14.7. The summed E-state index contributed by atoms with van der Waals surface area (Å²) in [6.45, 7) is 3.99. The predicted octanol–water partition coefficient (Wildman–Crippen LogP) is 4.16. The fourth-order valence-corrected chi connectivity index (χ4v) is 7.01. The average molecular weight is 580 g/mol. The van der Waals surface area contributed by atoms with E-state index in [1.807, 2.05) is 49.4 Å². The van der Waals surface area contributed by atoms with Gasteiger partial charge in [-0.1, -0.05) is 25.1 Å². The average Bonchev–Trinajstić information content (AvgIpc) is 3.39. The zero-order chi connectivity index (χ0) is 29.9. The molecule has 220 valence electrons. The fourth-order valence-electron chi connectivity index (χ4n) is 7.01. The molecule has 0 spiro atoms. The number of ketones is 1. The van der Waals surface area contributed by atoms with Crippen LogP contribution in [-0.2, 0) is 45.9 Å². The molecule has 9 heteroatoms. The molecule has 2 aromatic heterocycles. The summed E-state index contributed by atoms with van der Waals surface area (Å²) in [4.78, 5) is 48.6. The van der Waals surface area contributed by atoms with Gasteiger partial charge in [0.2, 0.25) is 0 Å². The number of Topliss-reactive ketones (excluding diaryl/α,β-unsaturated/α-hetero) is 1. The van der Waals surface area contributed by atoms with Crippen molar-refractivity contribution in [3.8, 4) is 22.9 Å². The Morgan fingerprint density at radius 3 is 2.53 bits per heavy atom. The van der Waals surface area contributed by atoms with Crippen LogP contribution in [0.1, 0.15) is 47.6 Å². The summed E-state index contributed by atoms with van der Waals surface area (Å²) in [7, 11) is 3.25. The Morgan fingerprint density at radius 2 is 1.77 bits per heavy atom. The zero-order valence-electron chi connectivity index (χ0n) is 24.6. The quantitative estimate of drug-likeness (QED) is 0.209. The first-order valence-electron chi connectivity index (χ1n) is 14.7. The van der Waals surface area contributed by atoms with Gasteiger partial charge < -0.3 is 18.8 Å². The summed E-state index contributed by atoms with van der Waals surface area (Å²) in [5, 5.41) is 1.00. The van der Waals surface area contributed by atoms with Crippen LogP contribution in [0.3, 0.4) is 0 Å². The van der Waals surface area contributed by atoms with E-state index in [1.54, 1.807) is 18.8 Å². The number of nitrogens with zero attached hydrogens (tertiary/aromatic N) is 3. The third-order valence-corrected chi connectivity index (χ3v) is 9.39. The molecular weight excluding hydrogens is 546 g/mol. The molecule has 0 aliphatic carbocycles. The smallest absolute Gasteiger partial charge is 0.324 e. The van der Waals surface area contributed by atoms with Gasteiger partial charge in [-0.2, -0.15) is 0 Å². The van der Waals surface area contributed by atoms with Crippen LogP contribution >= 0.6 is 0 Å². The number of cyclic esters (lactones) is 1. The van der Waals surface area contributed by atoms with Crippen molar-refractivity contribution >= 4 is 22.7 Å². The summed E-state index contributed by atoms with van der Waals surface area (Å²) in [5.41, 5.74) is 4.54. The first kappa shape index (κ1) is 27.3. The van der Waals surface area contributed by atoms with Crippen molar-refractivity contribution in [2.24, 2.45) is 0 Å². The van der Waals surface area contributed by atoms with E-state index in [-0.39, 0.29) is 30.8 Å². The second-order valence-electron chi connectivity index (χ2n) is 11.5. The summed E-state index contributed by atoms with van der Waals surface area (Å²) in [5.74, 6) is 0.571. The van der Waals surface area contributed by atoms with Gasteiger partial charge in [-0.05, 0) is 59.9 Å². The van der Waals surface area contributed by atoms with Crippen LogP contribution < -0.4 is 15.0 Å².